The van der Waals surface area contributed by atoms with Crippen molar-refractivity contribution in [3.8, 4) is 0 Å². The van der Waals surface area contributed by atoms with Crippen molar-refractivity contribution in [1.82, 2.24) is 0 Å². The molecule has 0 aromatic carbocycles. The van der Waals surface area contributed by atoms with Gasteiger partial charge in [0.2, 0.25) is 0 Å². The molecular formula is C4H6O8Pb6+18. The molecule has 0 aromatic rings. The Morgan fingerprint density at radius 3 is 0.722 bits per heavy atom. The molecule has 0 bridgehead atoms. The third kappa shape index (κ3) is 88.8. The Morgan fingerprint density at radius 2 is 0.667 bits per heavy atom. The van der Waals surface area contributed by atoms with Crippen LogP contribution in [0.4, 0.5) is 0 Å². The number of hydrogen-bond acceptors (Lipinski definition) is 8. The van der Waals surface area contributed by atoms with Crippen LogP contribution < -0.4 is 10.2 Å². The van der Waals surface area contributed by atoms with Crippen molar-refractivity contribution in [2.45, 2.75) is 0 Å². The second-order valence-corrected chi connectivity index (χ2v) is 0.971. The van der Waals surface area contributed by atoms with Gasteiger partial charge in [0.05, 0.1) is 11.9 Å². The zero-order chi connectivity index (χ0) is 6.57. The van der Waals surface area contributed by atoms with E-state index < -0.39 is 11.9 Å². The van der Waals surface area contributed by atoms with E-state index in [0.29, 0.717) is 12.2 Å². The fourth-order valence-corrected chi connectivity index (χ4v) is 0.136. The molecule has 0 rings (SSSR count). The Labute approximate surface area is 225 Å². The summed E-state index contributed by atoms with van der Waals surface area (Å²) in [5.74, 6) is -3.09. The predicted octanol–water partition coefficient (Wildman–Crippen LogP) is -5.95. The fraction of sp³-hybridized carbons (Fsp3) is 0. The van der Waals surface area contributed by atoms with Crippen molar-refractivity contribution in [2.75, 3.05) is 0 Å². The van der Waals surface area contributed by atoms with Crippen molar-refractivity contribution in [3.05, 3.63) is 12.2 Å². The second-order valence-electron chi connectivity index (χ2n) is 0.971. The van der Waals surface area contributed by atoms with Gasteiger partial charge < -0.3 is 41.7 Å². The Bertz CT molecular complexity index is 139. The zero-order valence-corrected chi connectivity index (χ0v) is 31.9. The first-order valence-electron chi connectivity index (χ1n) is 1.73. The molecule has 0 aliphatic carbocycles. The molecule has 0 spiro atoms. The fourth-order valence-electron chi connectivity index (χ4n) is 0.136. The summed E-state index contributed by atoms with van der Waals surface area (Å²) in [4.78, 5) is 18.8. The third-order valence-electron chi connectivity index (χ3n) is 0.355. The molecular weight excluding hydrogens is 1420 g/mol. The average Bonchev–Trinajstić information content (AvgIpc) is 1.61. The van der Waals surface area contributed by atoms with Crippen molar-refractivity contribution < 1.29 is 41.7 Å². The molecule has 0 radical (unpaired) electrons. The van der Waals surface area contributed by atoms with Crippen molar-refractivity contribution in [3.63, 3.8) is 0 Å². The van der Waals surface area contributed by atoms with Gasteiger partial charge in [-0.25, -0.2) is 0 Å². The van der Waals surface area contributed by atoms with Crippen molar-refractivity contribution in [2.24, 2.45) is 0 Å². The largest absolute Gasteiger partial charge is 4.00 e. The minimum absolute atomic E-state index is 0. The first kappa shape index (κ1) is 80.0. The summed E-state index contributed by atoms with van der Waals surface area (Å²) in [6, 6.07) is 0. The standard InChI is InChI=1S/C4H4O4.4H2O.6Pb/c5-3(6)1-2-4(7)8;;;;;;;;;;/h1-2H,(H,5,6)(H,7,8);4*1H2;;;;;;/q;;;;;6*+4/p-6/b2-1-;;;;;;;;;;. The maximum absolute atomic E-state index is 9.41. The van der Waals surface area contributed by atoms with Gasteiger partial charge in [-0.05, 0) is 12.2 Å². The van der Waals surface area contributed by atoms with Gasteiger partial charge in [-0.15, -0.1) is 0 Å². The summed E-state index contributed by atoms with van der Waals surface area (Å²) in [5.41, 5.74) is 0. The SMILES string of the molecule is O=C([O-])/C=C\C(=O)[O-].[OH-].[OH-].[OH-].[OH-].[Pb+4].[Pb+4].[Pb+4].[Pb+4].[Pb+4].[Pb+4]. The smallest absolute Gasteiger partial charge is 0.870 e. The van der Waals surface area contributed by atoms with Gasteiger partial charge in [-0.3, -0.25) is 0 Å². The van der Waals surface area contributed by atoms with Crippen LogP contribution in [-0.2, 0) is 9.59 Å². The topological polar surface area (TPSA) is 200 Å². The molecule has 0 heterocycles. The number of hydrogen-bond donors (Lipinski definition) is 0. The molecule has 0 unspecified atom stereocenters. The molecule has 0 aromatic heterocycles. The van der Waals surface area contributed by atoms with Gasteiger partial charge in [0.15, 0.2) is 0 Å². The molecule has 0 saturated carbocycles. The van der Waals surface area contributed by atoms with E-state index in [1.807, 2.05) is 0 Å². The van der Waals surface area contributed by atoms with Crippen LogP contribution in [0.3, 0.4) is 0 Å². The van der Waals surface area contributed by atoms with Gasteiger partial charge in [0.25, 0.3) is 0 Å². The molecule has 0 aliphatic heterocycles. The maximum Gasteiger partial charge on any atom is 4.00 e. The Morgan fingerprint density at radius 1 is 0.556 bits per heavy atom. The average molecular weight is 1430 g/mol. The van der Waals surface area contributed by atoms with E-state index in [9.17, 15) is 19.8 Å². The van der Waals surface area contributed by atoms with Gasteiger partial charge in [-0.1, -0.05) is 0 Å². The quantitative estimate of drug-likeness (QED) is 0.192. The van der Waals surface area contributed by atoms with E-state index in [-0.39, 0.29) is 186 Å². The van der Waals surface area contributed by atoms with E-state index in [0.717, 1.165) is 0 Å². The van der Waals surface area contributed by atoms with Crippen LogP contribution in [0.25, 0.3) is 0 Å². The van der Waals surface area contributed by atoms with Crippen LogP contribution in [0.1, 0.15) is 0 Å². The van der Waals surface area contributed by atoms with Crippen LogP contribution in [0, 0.1) is 0 Å². The Balaban J connectivity index is -0.00000000544. The molecule has 0 aliphatic rings. The van der Waals surface area contributed by atoms with Gasteiger partial charge in [0.1, 0.15) is 0 Å². The minimum atomic E-state index is -1.55. The van der Waals surface area contributed by atoms with E-state index in [1.165, 1.54) is 0 Å². The predicted molar refractivity (Wildman–Crippen MR) is 61.4 cm³/mol. The zero-order valence-electron chi connectivity index (χ0n) is 8.58. The summed E-state index contributed by atoms with van der Waals surface area (Å²) >= 11 is 0. The molecule has 4 N–H and O–H groups in total. The number of aliphatic carboxylic acids is 2. The second kappa shape index (κ2) is 58.3. The molecule has 18 heavy (non-hydrogen) atoms. The Hall–Kier alpha value is 4.05. The number of carbonyl (C=O) groups is 2. The monoisotopic (exact) mass is 1430 g/mol. The van der Waals surface area contributed by atoms with Crippen LogP contribution in [-0.4, -0.2) is 198 Å². The summed E-state index contributed by atoms with van der Waals surface area (Å²) in [7, 11) is 0. The van der Waals surface area contributed by atoms with Crippen molar-refractivity contribution in [1.29, 1.82) is 0 Å². The van der Waals surface area contributed by atoms with Crippen LogP contribution >= 0.6 is 0 Å². The van der Waals surface area contributed by atoms with Gasteiger partial charge in [0, 0.05) is 0 Å². The molecule has 14 heteroatoms. The van der Waals surface area contributed by atoms with Gasteiger partial charge >= 0.3 is 164 Å². The number of rotatable bonds is 2. The van der Waals surface area contributed by atoms with Crippen LogP contribution in [0.15, 0.2) is 12.2 Å². The molecule has 76 valence electrons. The summed E-state index contributed by atoms with van der Waals surface area (Å²) in [5, 5.41) is 18.8. The molecule has 8 nitrogen and oxygen atoms in total. The molecule has 0 amide bonds. The Kier molecular flexibility index (Phi) is 259. The maximum atomic E-state index is 9.41. The number of carboxylic acid groups (broad SMARTS) is 2. The first-order chi connectivity index (χ1) is 3.63. The van der Waals surface area contributed by atoms with Crippen LogP contribution in [0.5, 0.6) is 0 Å². The minimum Gasteiger partial charge on any atom is -0.870 e. The number of carbonyl (C=O) groups excluding carboxylic acids is 2. The van der Waals surface area contributed by atoms with E-state index in [2.05, 4.69) is 0 Å². The molecule has 0 atom stereocenters. The van der Waals surface area contributed by atoms with E-state index in [4.69, 9.17) is 0 Å². The van der Waals surface area contributed by atoms with Gasteiger partial charge in [-0.2, -0.15) is 0 Å². The third-order valence-corrected chi connectivity index (χ3v) is 0.355. The molecule has 0 saturated heterocycles. The van der Waals surface area contributed by atoms with Crippen LogP contribution in [0.2, 0.25) is 0 Å². The summed E-state index contributed by atoms with van der Waals surface area (Å²) in [6.07, 6.45) is 0.769. The number of carboxylic acids is 2. The normalized spacial score (nSPS) is 4.22. The summed E-state index contributed by atoms with van der Waals surface area (Å²) < 4.78 is 0. The van der Waals surface area contributed by atoms with E-state index in [1.54, 1.807) is 0 Å². The molecule has 0 fully saturated rings. The van der Waals surface area contributed by atoms with E-state index >= 15 is 0 Å². The summed E-state index contributed by atoms with van der Waals surface area (Å²) in [6.45, 7) is 0. The first-order valence-corrected chi connectivity index (χ1v) is 1.73. The van der Waals surface area contributed by atoms with Crippen molar-refractivity contribution >= 4 is 176 Å².